The van der Waals surface area contributed by atoms with E-state index < -0.39 is 34.4 Å². The second kappa shape index (κ2) is 7.38. The number of halogens is 2. The molecule has 0 fully saturated rings. The zero-order valence-corrected chi connectivity index (χ0v) is 15.5. The molecule has 1 aromatic heterocycles. The Morgan fingerprint density at radius 2 is 1.32 bits per heavy atom. The number of nitrogens with one attached hydrogen (secondary N) is 1. The van der Waals surface area contributed by atoms with E-state index in [1.165, 1.54) is 12.1 Å². The first kappa shape index (κ1) is 19.5. The second-order valence-electron chi connectivity index (χ2n) is 5.84. The lowest BCUT2D eigenvalue weighted by Crippen LogP contribution is -2.24. The fourth-order valence-electron chi connectivity index (χ4n) is 2.89. The number of hydrogen-bond donors (Lipinski definition) is 4. The van der Waals surface area contributed by atoms with Crippen molar-refractivity contribution in [1.29, 1.82) is 0 Å². The van der Waals surface area contributed by atoms with Gasteiger partial charge in [-0.15, -0.1) is 0 Å². The molecule has 0 atom stereocenters. The highest BCUT2D eigenvalue weighted by Gasteiger charge is 2.26. The molecule has 0 spiro atoms. The summed E-state index contributed by atoms with van der Waals surface area (Å²) in [5.41, 5.74) is 4.81. The van der Waals surface area contributed by atoms with Gasteiger partial charge < -0.3 is 20.9 Å². The van der Waals surface area contributed by atoms with Crippen molar-refractivity contribution in [2.75, 3.05) is 5.73 Å². The molecule has 3 aromatic rings. The van der Waals surface area contributed by atoms with E-state index in [1.54, 1.807) is 30.3 Å². The van der Waals surface area contributed by atoms with Gasteiger partial charge in [0.15, 0.2) is 0 Å². The van der Waals surface area contributed by atoms with Crippen molar-refractivity contribution >= 4 is 41.0 Å². The number of carbonyl (C=O) groups is 2. The van der Waals surface area contributed by atoms with Crippen molar-refractivity contribution in [3.05, 3.63) is 74.0 Å². The third kappa shape index (κ3) is 3.58. The van der Waals surface area contributed by atoms with E-state index in [4.69, 9.17) is 28.9 Å². The molecular formula is C19H12Cl2N2O5. The van der Waals surface area contributed by atoms with Crippen LogP contribution >= 0.6 is 23.2 Å². The third-order valence-electron chi connectivity index (χ3n) is 4.04. The Morgan fingerprint density at radius 3 is 1.82 bits per heavy atom. The van der Waals surface area contributed by atoms with Gasteiger partial charge in [0.25, 0.3) is 5.56 Å². The first-order chi connectivity index (χ1) is 13.2. The summed E-state index contributed by atoms with van der Waals surface area (Å²) in [6, 6.07) is 11.2. The number of aromatic amines is 1. The number of hydrogen-bond acceptors (Lipinski definition) is 4. The summed E-state index contributed by atoms with van der Waals surface area (Å²) in [5.74, 6) is -3.45. The van der Waals surface area contributed by atoms with Crippen LogP contribution in [0.2, 0.25) is 10.0 Å². The van der Waals surface area contributed by atoms with Crippen molar-refractivity contribution in [1.82, 2.24) is 4.98 Å². The quantitative estimate of drug-likeness (QED) is 0.505. The van der Waals surface area contributed by atoms with E-state index in [9.17, 15) is 24.6 Å². The largest absolute Gasteiger partial charge is 0.478 e. The number of benzene rings is 2. The maximum Gasteiger partial charge on any atom is 0.342 e. The summed E-state index contributed by atoms with van der Waals surface area (Å²) in [6.07, 6.45) is 0. The van der Waals surface area contributed by atoms with E-state index in [2.05, 4.69) is 4.98 Å². The summed E-state index contributed by atoms with van der Waals surface area (Å²) >= 11 is 12.0. The fraction of sp³-hybridized carbons (Fsp3) is 0. The van der Waals surface area contributed by atoms with E-state index in [1.807, 2.05) is 0 Å². The van der Waals surface area contributed by atoms with Gasteiger partial charge in [0.2, 0.25) is 0 Å². The van der Waals surface area contributed by atoms with Crippen LogP contribution in [-0.2, 0) is 0 Å². The van der Waals surface area contributed by atoms with Crippen LogP contribution in [0.1, 0.15) is 20.7 Å². The van der Waals surface area contributed by atoms with Gasteiger partial charge in [0.1, 0.15) is 16.9 Å². The molecule has 0 aliphatic rings. The van der Waals surface area contributed by atoms with Crippen LogP contribution < -0.4 is 11.3 Å². The summed E-state index contributed by atoms with van der Waals surface area (Å²) in [7, 11) is 0. The van der Waals surface area contributed by atoms with Crippen molar-refractivity contribution in [3.63, 3.8) is 0 Å². The molecule has 7 nitrogen and oxygen atoms in total. The molecule has 5 N–H and O–H groups in total. The number of carboxylic acids is 2. The Morgan fingerprint density at radius 1 is 0.821 bits per heavy atom. The van der Waals surface area contributed by atoms with Crippen LogP contribution in [0.4, 0.5) is 5.82 Å². The normalized spacial score (nSPS) is 10.6. The van der Waals surface area contributed by atoms with Crippen LogP contribution in [0.3, 0.4) is 0 Å². The lowest BCUT2D eigenvalue weighted by molar-refractivity contribution is 0.0695. The highest BCUT2D eigenvalue weighted by atomic mass is 35.5. The Labute approximate surface area is 168 Å². The number of rotatable bonds is 4. The van der Waals surface area contributed by atoms with Crippen LogP contribution in [0.15, 0.2) is 47.3 Å². The highest BCUT2D eigenvalue weighted by molar-refractivity contribution is 6.35. The molecule has 3 rings (SSSR count). The molecule has 0 amide bonds. The van der Waals surface area contributed by atoms with Gasteiger partial charge in [-0.05, 0) is 34.9 Å². The standard InChI is InChI=1S/C19H12Cl2N2O5/c20-11-5-10(6-12(21)7-11)8-1-3-9(4-2-8)13-14(18(25)26)16(22)23-17(24)15(13)19(27)28/h1-7H,(H,25,26)(H,27,28)(H3,22,23,24). The molecule has 28 heavy (non-hydrogen) atoms. The molecule has 0 aliphatic heterocycles. The Bertz CT molecular complexity index is 1150. The number of nitrogens with two attached hydrogens (primary N) is 1. The lowest BCUT2D eigenvalue weighted by Gasteiger charge is -2.13. The minimum atomic E-state index is -1.57. The zero-order chi connectivity index (χ0) is 20.6. The van der Waals surface area contributed by atoms with Crippen molar-refractivity contribution in [2.24, 2.45) is 0 Å². The summed E-state index contributed by atoms with van der Waals surface area (Å²) < 4.78 is 0. The van der Waals surface area contributed by atoms with Gasteiger partial charge in [-0.3, -0.25) is 4.79 Å². The molecule has 0 aliphatic carbocycles. The number of nitrogen functional groups attached to an aromatic ring is 1. The predicted octanol–water partition coefficient (Wildman–Crippen LogP) is 3.99. The minimum Gasteiger partial charge on any atom is -0.478 e. The number of H-pyrrole nitrogens is 1. The number of aromatic nitrogens is 1. The number of pyridine rings is 1. The Kier molecular flexibility index (Phi) is 5.13. The van der Waals surface area contributed by atoms with Gasteiger partial charge >= 0.3 is 11.9 Å². The fourth-order valence-corrected chi connectivity index (χ4v) is 3.41. The first-order valence-electron chi connectivity index (χ1n) is 7.78. The van der Waals surface area contributed by atoms with Crippen molar-refractivity contribution in [2.45, 2.75) is 0 Å². The summed E-state index contributed by atoms with van der Waals surface area (Å²) in [6.45, 7) is 0. The van der Waals surface area contributed by atoms with Gasteiger partial charge in [-0.1, -0.05) is 47.5 Å². The predicted molar refractivity (Wildman–Crippen MR) is 106 cm³/mol. The van der Waals surface area contributed by atoms with E-state index >= 15 is 0 Å². The summed E-state index contributed by atoms with van der Waals surface area (Å²) in [5, 5.41) is 19.8. The Balaban J connectivity index is 2.23. The molecule has 1 heterocycles. The van der Waals surface area contributed by atoms with E-state index in [-0.39, 0.29) is 11.1 Å². The maximum absolute atomic E-state index is 12.1. The summed E-state index contributed by atoms with van der Waals surface area (Å²) in [4.78, 5) is 37.4. The molecule has 0 saturated heterocycles. The highest BCUT2D eigenvalue weighted by Crippen LogP contribution is 2.32. The zero-order valence-electron chi connectivity index (χ0n) is 14.0. The Hall–Kier alpha value is -3.29. The molecule has 0 bridgehead atoms. The molecular weight excluding hydrogens is 407 g/mol. The smallest absolute Gasteiger partial charge is 0.342 e. The molecule has 142 valence electrons. The SMILES string of the molecule is Nc1[nH]c(=O)c(C(=O)O)c(-c2ccc(-c3cc(Cl)cc(Cl)c3)cc2)c1C(=O)O. The van der Waals surface area contributed by atoms with Gasteiger partial charge in [-0.2, -0.15) is 0 Å². The third-order valence-corrected chi connectivity index (χ3v) is 4.48. The van der Waals surface area contributed by atoms with E-state index in [0.29, 0.717) is 21.2 Å². The lowest BCUT2D eigenvalue weighted by atomic mass is 9.94. The van der Waals surface area contributed by atoms with Crippen LogP contribution in [0.5, 0.6) is 0 Å². The average Bonchev–Trinajstić information content (AvgIpc) is 2.59. The molecule has 0 radical (unpaired) electrons. The monoisotopic (exact) mass is 418 g/mol. The van der Waals surface area contributed by atoms with Crippen molar-refractivity contribution < 1.29 is 19.8 Å². The maximum atomic E-state index is 12.1. The minimum absolute atomic E-state index is 0.212. The average molecular weight is 419 g/mol. The van der Waals surface area contributed by atoms with E-state index in [0.717, 1.165) is 0 Å². The topological polar surface area (TPSA) is 133 Å². The van der Waals surface area contributed by atoms with Crippen LogP contribution in [0, 0.1) is 0 Å². The van der Waals surface area contributed by atoms with Gasteiger partial charge in [0, 0.05) is 15.6 Å². The van der Waals surface area contributed by atoms with Crippen LogP contribution in [-0.4, -0.2) is 27.1 Å². The van der Waals surface area contributed by atoms with Gasteiger partial charge in [-0.25, -0.2) is 9.59 Å². The number of anilines is 1. The second-order valence-corrected chi connectivity index (χ2v) is 6.71. The molecule has 9 heteroatoms. The van der Waals surface area contributed by atoms with Gasteiger partial charge in [0.05, 0.1) is 0 Å². The number of carboxylic acid groups (broad SMARTS) is 2. The first-order valence-corrected chi connectivity index (χ1v) is 8.54. The molecule has 0 unspecified atom stereocenters. The molecule has 0 saturated carbocycles. The van der Waals surface area contributed by atoms with Crippen molar-refractivity contribution in [3.8, 4) is 22.3 Å². The molecule has 2 aromatic carbocycles. The van der Waals surface area contributed by atoms with Crippen LogP contribution in [0.25, 0.3) is 22.3 Å². The number of aromatic carboxylic acids is 2.